The van der Waals surface area contributed by atoms with Gasteiger partial charge in [0.2, 0.25) is 0 Å². The van der Waals surface area contributed by atoms with Crippen LogP contribution >= 0.6 is 0 Å². The molecule has 0 radical (unpaired) electrons. The molecule has 190 valence electrons. The highest BCUT2D eigenvalue weighted by molar-refractivity contribution is 5.72. The van der Waals surface area contributed by atoms with E-state index in [2.05, 4.69) is 13.8 Å². The number of unbranched alkanes of at least 4 members (excludes halogenated alkanes) is 11. The van der Waals surface area contributed by atoms with Crippen LogP contribution in [0.5, 0.6) is 0 Å². The number of hydrogen-bond acceptors (Lipinski definition) is 5. The number of carbonyl (C=O) groups excluding carboxylic acids is 2. The van der Waals surface area contributed by atoms with Crippen LogP contribution in [0.3, 0.4) is 0 Å². The normalized spacial score (nSPS) is 12.0. The van der Waals surface area contributed by atoms with Crippen molar-refractivity contribution in [3.8, 4) is 0 Å². The summed E-state index contributed by atoms with van der Waals surface area (Å²) in [5, 5.41) is 0. The Balaban J connectivity index is 3.55. The third kappa shape index (κ3) is 22.1. The lowest BCUT2D eigenvalue weighted by Crippen LogP contribution is -2.16. The van der Waals surface area contributed by atoms with Gasteiger partial charge in [0.1, 0.15) is 0 Å². The number of methoxy groups -OCH3 is 1. The molecule has 0 heterocycles. The molecule has 1 unspecified atom stereocenters. The minimum absolute atomic E-state index is 0.203. The van der Waals surface area contributed by atoms with E-state index < -0.39 is 0 Å². The Kier molecular flexibility index (Phi) is 23.7. The van der Waals surface area contributed by atoms with Gasteiger partial charge in [0.15, 0.2) is 0 Å². The molecule has 0 aliphatic heterocycles. The quantitative estimate of drug-likeness (QED) is 0.112. The van der Waals surface area contributed by atoms with Crippen molar-refractivity contribution in [1.82, 2.24) is 0 Å². The Labute approximate surface area is 198 Å². The third-order valence-electron chi connectivity index (χ3n) is 5.95. The number of esters is 2. The highest BCUT2D eigenvalue weighted by atomic mass is 16.5. The van der Waals surface area contributed by atoms with Crippen molar-refractivity contribution in [1.29, 1.82) is 0 Å². The van der Waals surface area contributed by atoms with E-state index in [0.717, 1.165) is 38.5 Å². The van der Waals surface area contributed by atoms with Crippen LogP contribution in [0, 0.1) is 5.92 Å². The van der Waals surface area contributed by atoms with E-state index in [0.29, 0.717) is 32.2 Å². The highest BCUT2D eigenvalue weighted by Gasteiger charge is 2.13. The Morgan fingerprint density at radius 2 is 1.12 bits per heavy atom. The van der Waals surface area contributed by atoms with Gasteiger partial charge in [0.05, 0.1) is 13.2 Å². The summed E-state index contributed by atoms with van der Waals surface area (Å²) in [6, 6.07) is 0. The van der Waals surface area contributed by atoms with E-state index >= 15 is 0 Å². The fourth-order valence-corrected chi connectivity index (χ4v) is 3.77. The summed E-state index contributed by atoms with van der Waals surface area (Å²) >= 11 is 0. The summed E-state index contributed by atoms with van der Waals surface area (Å²) in [6.45, 7) is 6.06. The van der Waals surface area contributed by atoms with E-state index in [4.69, 9.17) is 14.2 Å². The molecule has 0 aromatic heterocycles. The van der Waals surface area contributed by atoms with Crippen LogP contribution in [0.25, 0.3) is 0 Å². The second kappa shape index (κ2) is 24.5. The van der Waals surface area contributed by atoms with Gasteiger partial charge in [-0.3, -0.25) is 9.59 Å². The molecule has 5 heteroatoms. The molecule has 0 aliphatic rings. The molecule has 0 bridgehead atoms. The Bertz CT molecular complexity index is 416. The fraction of sp³-hybridized carbons (Fsp3) is 0.926. The molecule has 1 atom stereocenters. The minimum atomic E-state index is -0.220. The van der Waals surface area contributed by atoms with Gasteiger partial charge in [-0.05, 0) is 31.6 Å². The maximum atomic E-state index is 11.9. The molecule has 0 aromatic carbocycles. The van der Waals surface area contributed by atoms with Gasteiger partial charge in [-0.1, -0.05) is 90.9 Å². The molecule has 0 N–H and O–H groups in total. The average Bonchev–Trinajstić information content (AvgIpc) is 2.79. The zero-order valence-electron chi connectivity index (χ0n) is 21.5. The largest absolute Gasteiger partial charge is 0.466 e. The maximum Gasteiger partial charge on any atom is 0.305 e. The highest BCUT2D eigenvalue weighted by Crippen LogP contribution is 2.15. The van der Waals surface area contributed by atoms with E-state index in [9.17, 15) is 9.59 Å². The lowest BCUT2D eigenvalue weighted by Gasteiger charge is -2.16. The summed E-state index contributed by atoms with van der Waals surface area (Å²) in [6.07, 6.45) is 19.4. The van der Waals surface area contributed by atoms with Crippen LogP contribution in [-0.2, 0) is 23.8 Å². The predicted molar refractivity (Wildman–Crippen MR) is 132 cm³/mol. The van der Waals surface area contributed by atoms with E-state index in [1.165, 1.54) is 57.8 Å². The second-order valence-electron chi connectivity index (χ2n) is 9.08. The fourth-order valence-electron chi connectivity index (χ4n) is 3.77. The molecule has 0 saturated heterocycles. The van der Waals surface area contributed by atoms with Gasteiger partial charge in [-0.15, -0.1) is 0 Å². The average molecular weight is 457 g/mol. The summed E-state index contributed by atoms with van der Waals surface area (Å²) in [4.78, 5) is 23.8. The van der Waals surface area contributed by atoms with Crippen molar-refractivity contribution in [3.05, 3.63) is 0 Å². The first-order chi connectivity index (χ1) is 15.6. The van der Waals surface area contributed by atoms with E-state index in [1.807, 2.05) is 0 Å². The first kappa shape index (κ1) is 30.9. The van der Waals surface area contributed by atoms with Crippen LogP contribution in [-0.4, -0.2) is 38.9 Å². The van der Waals surface area contributed by atoms with Crippen molar-refractivity contribution >= 4 is 11.9 Å². The Morgan fingerprint density at radius 3 is 1.69 bits per heavy atom. The zero-order valence-corrected chi connectivity index (χ0v) is 21.5. The molecular weight excluding hydrogens is 404 g/mol. The number of rotatable bonds is 24. The first-order valence-corrected chi connectivity index (χ1v) is 13.4. The van der Waals surface area contributed by atoms with Gasteiger partial charge < -0.3 is 14.2 Å². The molecule has 0 spiro atoms. The van der Waals surface area contributed by atoms with Gasteiger partial charge in [0.25, 0.3) is 0 Å². The molecule has 32 heavy (non-hydrogen) atoms. The van der Waals surface area contributed by atoms with Crippen LogP contribution in [0.15, 0.2) is 0 Å². The summed E-state index contributed by atoms with van der Waals surface area (Å²) in [7, 11) is 1.69. The van der Waals surface area contributed by atoms with Gasteiger partial charge in [-0.2, -0.15) is 0 Å². The summed E-state index contributed by atoms with van der Waals surface area (Å²) in [5.74, 6) is -0.0671. The van der Waals surface area contributed by atoms with Crippen molar-refractivity contribution in [2.75, 3.05) is 26.9 Å². The predicted octanol–water partition coefficient (Wildman–Crippen LogP) is 7.40. The Morgan fingerprint density at radius 1 is 0.594 bits per heavy atom. The van der Waals surface area contributed by atoms with Crippen LogP contribution in [0.4, 0.5) is 0 Å². The SMILES string of the molecule is CCCCCCCCCCCCCOC(=O)CCCC(=O)OCC(CCCC)CCOC. The number of hydrogen-bond donors (Lipinski definition) is 0. The van der Waals surface area contributed by atoms with E-state index in [-0.39, 0.29) is 24.8 Å². The van der Waals surface area contributed by atoms with Crippen LogP contribution < -0.4 is 0 Å². The number of ether oxygens (including phenoxy) is 3. The van der Waals surface area contributed by atoms with Crippen molar-refractivity contribution < 1.29 is 23.8 Å². The van der Waals surface area contributed by atoms with Crippen LogP contribution in [0.2, 0.25) is 0 Å². The van der Waals surface area contributed by atoms with Gasteiger partial charge >= 0.3 is 11.9 Å². The van der Waals surface area contributed by atoms with Crippen molar-refractivity contribution in [3.63, 3.8) is 0 Å². The lowest BCUT2D eigenvalue weighted by molar-refractivity contribution is -0.146. The molecule has 0 aromatic rings. The topological polar surface area (TPSA) is 61.8 Å². The maximum absolute atomic E-state index is 11.9. The van der Waals surface area contributed by atoms with E-state index in [1.54, 1.807) is 7.11 Å². The smallest absolute Gasteiger partial charge is 0.305 e. The summed E-state index contributed by atoms with van der Waals surface area (Å²) < 4.78 is 15.8. The molecule has 0 amide bonds. The van der Waals surface area contributed by atoms with Crippen LogP contribution in [0.1, 0.15) is 129 Å². The standard InChI is InChI=1S/C27H52O5/c1-4-6-8-9-10-11-12-13-14-15-16-22-31-26(28)19-17-20-27(29)32-24-25(18-7-5-2)21-23-30-3/h25H,4-24H2,1-3H3. The summed E-state index contributed by atoms with van der Waals surface area (Å²) in [5.41, 5.74) is 0. The number of carbonyl (C=O) groups is 2. The molecule has 5 nitrogen and oxygen atoms in total. The molecular formula is C27H52O5. The van der Waals surface area contributed by atoms with Crippen molar-refractivity contribution in [2.24, 2.45) is 5.92 Å². The van der Waals surface area contributed by atoms with Gasteiger partial charge in [0, 0.05) is 26.6 Å². The minimum Gasteiger partial charge on any atom is -0.466 e. The molecule has 0 saturated carbocycles. The zero-order chi connectivity index (χ0) is 23.7. The van der Waals surface area contributed by atoms with Crippen molar-refractivity contribution in [2.45, 2.75) is 129 Å². The molecule has 0 aliphatic carbocycles. The Hall–Kier alpha value is -1.10. The first-order valence-electron chi connectivity index (χ1n) is 13.4. The second-order valence-corrected chi connectivity index (χ2v) is 9.08. The molecule has 0 rings (SSSR count). The van der Waals surface area contributed by atoms with Gasteiger partial charge in [-0.25, -0.2) is 0 Å². The third-order valence-corrected chi connectivity index (χ3v) is 5.95. The molecule has 0 fully saturated rings. The monoisotopic (exact) mass is 456 g/mol. The lowest BCUT2D eigenvalue weighted by atomic mass is 10.00.